The van der Waals surface area contributed by atoms with Gasteiger partial charge in [0.2, 0.25) is 5.78 Å². The van der Waals surface area contributed by atoms with Gasteiger partial charge in [0, 0.05) is 30.1 Å². The van der Waals surface area contributed by atoms with Gasteiger partial charge in [0.1, 0.15) is 0 Å². The van der Waals surface area contributed by atoms with Crippen LogP contribution in [0.2, 0.25) is 0 Å². The molecule has 0 aromatic heterocycles. The number of rotatable bonds is 7. The lowest BCUT2D eigenvalue weighted by molar-refractivity contribution is -0.159. The second kappa shape index (κ2) is 7.60. The molecule has 0 amide bonds. The van der Waals surface area contributed by atoms with Crippen LogP contribution in [0.15, 0.2) is 24.3 Å². The number of nitrogens with one attached hydrogen (secondary N) is 2. The lowest BCUT2D eigenvalue weighted by Crippen LogP contribution is -2.42. The molecule has 3 aliphatic rings. The predicted molar refractivity (Wildman–Crippen MR) is 100 cm³/mol. The summed E-state index contributed by atoms with van der Waals surface area (Å²) >= 11 is 5.40. The van der Waals surface area contributed by atoms with Crippen molar-refractivity contribution in [3.05, 3.63) is 29.8 Å². The number of Topliss-reactive ketones (excluding diaryl/α,β-unsaturated/α-hetero) is 1. The predicted octanol–water partition coefficient (Wildman–Crippen LogP) is 2.92. The Hall–Kier alpha value is -1.92. The van der Waals surface area contributed by atoms with Crippen molar-refractivity contribution >= 4 is 34.3 Å². The molecule has 1 aromatic rings. The van der Waals surface area contributed by atoms with Crippen molar-refractivity contribution in [1.82, 2.24) is 5.48 Å². The average molecular weight is 391 g/mol. The summed E-state index contributed by atoms with van der Waals surface area (Å²) < 4.78 is 0. The second-order valence-corrected chi connectivity index (χ2v) is 8.12. The molecule has 2 saturated carbocycles. The third kappa shape index (κ3) is 3.87. The number of hydrogen-bond donors (Lipinski definition) is 2. The monoisotopic (exact) mass is 390 g/mol. The van der Waals surface area contributed by atoms with Gasteiger partial charge in [-0.25, -0.2) is 0 Å². The van der Waals surface area contributed by atoms with Crippen LogP contribution in [-0.2, 0) is 19.2 Å². The van der Waals surface area contributed by atoms with E-state index in [0.29, 0.717) is 0 Å². The van der Waals surface area contributed by atoms with E-state index in [-0.39, 0.29) is 30.3 Å². The zero-order valence-corrected chi connectivity index (χ0v) is 15.7. The SMILES string of the molecule is O=C(Cl)C(=O)CC(C(=O)ONC1CC1)C1c2ccccc2NC2CCCC21. The molecule has 1 aliphatic heterocycles. The van der Waals surface area contributed by atoms with Crippen LogP contribution in [0.3, 0.4) is 0 Å². The summed E-state index contributed by atoms with van der Waals surface area (Å²) in [6, 6.07) is 8.33. The molecule has 0 radical (unpaired) electrons. The average Bonchev–Trinajstić information content (AvgIpc) is 3.38. The van der Waals surface area contributed by atoms with Gasteiger partial charge < -0.3 is 10.2 Å². The molecule has 1 heterocycles. The normalized spacial score (nSPS) is 27.1. The number of fused-ring (bicyclic) bond motifs is 2. The van der Waals surface area contributed by atoms with Crippen molar-refractivity contribution in [2.75, 3.05) is 5.32 Å². The molecule has 144 valence electrons. The summed E-state index contributed by atoms with van der Waals surface area (Å²) in [4.78, 5) is 41.7. The minimum Gasteiger partial charge on any atom is -0.382 e. The van der Waals surface area contributed by atoms with Gasteiger partial charge >= 0.3 is 5.97 Å². The molecular formula is C20H23ClN2O4. The number of benzene rings is 1. The first-order chi connectivity index (χ1) is 13.0. The Bertz CT molecular complexity index is 764. The minimum absolute atomic E-state index is 0.177. The molecule has 27 heavy (non-hydrogen) atoms. The Morgan fingerprint density at radius 1 is 1.19 bits per heavy atom. The van der Waals surface area contributed by atoms with Crippen LogP contribution < -0.4 is 10.8 Å². The maximum atomic E-state index is 12.9. The van der Waals surface area contributed by atoms with Crippen molar-refractivity contribution in [1.29, 1.82) is 0 Å². The summed E-state index contributed by atoms with van der Waals surface area (Å²) in [5.41, 5.74) is 4.76. The van der Waals surface area contributed by atoms with Gasteiger partial charge in [-0.1, -0.05) is 24.6 Å². The molecule has 6 nitrogen and oxygen atoms in total. The fraction of sp³-hybridized carbons (Fsp3) is 0.550. The molecule has 4 unspecified atom stereocenters. The van der Waals surface area contributed by atoms with Gasteiger partial charge in [-0.2, -0.15) is 5.48 Å². The Kier molecular flexibility index (Phi) is 5.19. The van der Waals surface area contributed by atoms with Gasteiger partial charge in [-0.15, -0.1) is 0 Å². The minimum atomic E-state index is -1.03. The molecule has 0 spiro atoms. The fourth-order valence-corrected chi connectivity index (χ4v) is 4.59. The largest absolute Gasteiger partial charge is 0.382 e. The number of anilines is 1. The smallest absolute Gasteiger partial charge is 0.328 e. The quantitative estimate of drug-likeness (QED) is 0.423. The van der Waals surface area contributed by atoms with Crippen LogP contribution in [0.1, 0.15) is 50.0 Å². The summed E-state index contributed by atoms with van der Waals surface area (Å²) in [7, 11) is 0. The van der Waals surface area contributed by atoms with E-state index >= 15 is 0 Å². The molecule has 7 heteroatoms. The van der Waals surface area contributed by atoms with E-state index in [2.05, 4.69) is 10.8 Å². The van der Waals surface area contributed by atoms with E-state index in [4.69, 9.17) is 16.4 Å². The Morgan fingerprint density at radius 2 is 1.96 bits per heavy atom. The van der Waals surface area contributed by atoms with Gasteiger partial charge in [0.15, 0.2) is 0 Å². The third-order valence-corrected chi connectivity index (χ3v) is 6.17. The topological polar surface area (TPSA) is 84.5 Å². The van der Waals surface area contributed by atoms with Crippen molar-refractivity contribution in [3.63, 3.8) is 0 Å². The zero-order valence-electron chi connectivity index (χ0n) is 14.9. The molecule has 2 fully saturated rings. The number of ketones is 1. The van der Waals surface area contributed by atoms with E-state index in [9.17, 15) is 14.4 Å². The van der Waals surface area contributed by atoms with Gasteiger partial charge in [0.25, 0.3) is 5.24 Å². The highest BCUT2D eigenvalue weighted by molar-refractivity contribution is 6.81. The standard InChI is InChI=1S/C20H23ClN2O4/c21-19(25)17(24)10-14(20(26)27-23-11-8-9-11)18-12-4-1-2-6-15(12)22-16-7-3-5-13(16)18/h1-2,4,6,11,13-14,16,18,22-23H,3,5,7-10H2. The van der Waals surface area contributed by atoms with Crippen molar-refractivity contribution in [2.24, 2.45) is 11.8 Å². The number of hydroxylamine groups is 1. The Labute approximate surface area is 162 Å². The van der Waals surface area contributed by atoms with Crippen molar-refractivity contribution < 1.29 is 19.2 Å². The first-order valence-corrected chi connectivity index (χ1v) is 9.96. The van der Waals surface area contributed by atoms with E-state index in [1.54, 1.807) is 0 Å². The maximum Gasteiger partial charge on any atom is 0.328 e. The molecule has 0 bridgehead atoms. The molecule has 1 aromatic carbocycles. The fourth-order valence-electron chi connectivity index (χ4n) is 4.52. The Balaban J connectivity index is 1.66. The highest BCUT2D eigenvalue weighted by Crippen LogP contribution is 2.50. The van der Waals surface area contributed by atoms with Crippen molar-refractivity contribution in [3.8, 4) is 0 Å². The lowest BCUT2D eigenvalue weighted by atomic mass is 9.70. The number of hydrogen-bond acceptors (Lipinski definition) is 6. The molecule has 2 N–H and O–H groups in total. The van der Waals surface area contributed by atoms with E-state index in [0.717, 1.165) is 43.4 Å². The van der Waals surface area contributed by atoms with Gasteiger partial charge in [-0.05, 0) is 54.8 Å². The number of carbonyl (C=O) groups excluding carboxylic acids is 3. The first-order valence-electron chi connectivity index (χ1n) is 9.59. The second-order valence-electron chi connectivity index (χ2n) is 7.78. The Morgan fingerprint density at radius 3 is 2.70 bits per heavy atom. The molecule has 0 saturated heterocycles. The van der Waals surface area contributed by atoms with E-state index in [1.807, 2.05) is 24.3 Å². The maximum absolute atomic E-state index is 12.9. The van der Waals surface area contributed by atoms with E-state index < -0.39 is 22.9 Å². The highest BCUT2D eigenvalue weighted by atomic mass is 35.5. The summed E-state index contributed by atoms with van der Waals surface area (Å²) in [5.74, 6) is -1.92. The van der Waals surface area contributed by atoms with Crippen molar-refractivity contribution in [2.45, 2.75) is 56.5 Å². The molecule has 4 atom stereocenters. The number of halogens is 1. The zero-order chi connectivity index (χ0) is 19.0. The molecular weight excluding hydrogens is 368 g/mol. The van der Waals surface area contributed by atoms with Crippen LogP contribution >= 0.6 is 11.6 Å². The molecule has 4 rings (SSSR count). The van der Waals surface area contributed by atoms with Crippen LogP contribution in [-0.4, -0.2) is 29.1 Å². The van der Waals surface area contributed by atoms with Gasteiger partial charge in [-0.3, -0.25) is 14.4 Å². The van der Waals surface area contributed by atoms with Crippen LogP contribution in [0.4, 0.5) is 5.69 Å². The summed E-state index contributed by atoms with van der Waals surface area (Å²) in [5, 5.41) is 2.54. The highest BCUT2D eigenvalue weighted by Gasteiger charge is 2.46. The summed E-state index contributed by atoms with van der Waals surface area (Å²) in [6.45, 7) is 0. The third-order valence-electron chi connectivity index (χ3n) is 5.96. The van der Waals surface area contributed by atoms with Crippen LogP contribution in [0.5, 0.6) is 0 Å². The van der Waals surface area contributed by atoms with E-state index in [1.165, 1.54) is 0 Å². The number of para-hydroxylation sites is 1. The number of carbonyl (C=O) groups is 3. The van der Waals surface area contributed by atoms with Gasteiger partial charge in [0.05, 0.1) is 5.92 Å². The van der Waals surface area contributed by atoms with Crippen LogP contribution in [0, 0.1) is 11.8 Å². The van der Waals surface area contributed by atoms with Crippen LogP contribution in [0.25, 0.3) is 0 Å². The lowest BCUT2D eigenvalue weighted by Gasteiger charge is -2.40. The molecule has 2 aliphatic carbocycles. The first kappa shape index (κ1) is 18.4. The summed E-state index contributed by atoms with van der Waals surface area (Å²) in [6.07, 6.45) is 4.78.